The van der Waals surface area contributed by atoms with Crippen LogP contribution in [0.3, 0.4) is 0 Å². The third kappa shape index (κ3) is 2.97. The van der Waals surface area contributed by atoms with Gasteiger partial charge in [0.05, 0.1) is 23.5 Å². The van der Waals surface area contributed by atoms with E-state index in [9.17, 15) is 13.7 Å². The molecule has 4 rings (SSSR count). The average Bonchev–Trinajstić information content (AvgIpc) is 3.28. The van der Waals surface area contributed by atoms with E-state index in [0.29, 0.717) is 18.7 Å². The van der Waals surface area contributed by atoms with Crippen molar-refractivity contribution in [2.24, 2.45) is 5.92 Å². The summed E-state index contributed by atoms with van der Waals surface area (Å²) >= 11 is 0. The van der Waals surface area contributed by atoms with E-state index in [0.717, 1.165) is 21.9 Å². The number of pyridine rings is 2. The minimum atomic E-state index is -3.58. The zero-order valence-electron chi connectivity index (χ0n) is 15.5. The first kappa shape index (κ1) is 18.6. The first-order chi connectivity index (χ1) is 13.5. The third-order valence-corrected chi connectivity index (χ3v) is 7.28. The maximum Gasteiger partial charge on any atom is 0.201 e. The molecule has 4 heterocycles. The molecule has 3 aromatic rings. The predicted molar refractivity (Wildman–Crippen MR) is 108 cm³/mol. The van der Waals surface area contributed by atoms with Crippen molar-refractivity contribution >= 4 is 31.8 Å². The van der Waals surface area contributed by atoms with E-state index in [1.807, 2.05) is 24.4 Å². The third-order valence-electron chi connectivity index (χ3n) is 5.50. The molecule has 0 bridgehead atoms. The van der Waals surface area contributed by atoms with E-state index in [4.69, 9.17) is 0 Å². The molecule has 28 heavy (non-hydrogen) atoms. The van der Waals surface area contributed by atoms with Crippen LogP contribution in [0, 0.1) is 17.2 Å². The number of nitrogens with one attached hydrogen (secondary N) is 1. The summed E-state index contributed by atoms with van der Waals surface area (Å²) in [6, 6.07) is 5.98. The molecule has 3 aromatic heterocycles. The lowest BCUT2D eigenvalue weighted by molar-refractivity contribution is 0.332. The van der Waals surface area contributed by atoms with Gasteiger partial charge in [0.15, 0.2) is 15.5 Å². The zero-order chi connectivity index (χ0) is 19.9. The molecular weight excluding hydrogens is 374 g/mol. The summed E-state index contributed by atoms with van der Waals surface area (Å²) < 4.78 is 25.0. The highest BCUT2D eigenvalue weighted by atomic mass is 32.2. The van der Waals surface area contributed by atoms with Gasteiger partial charge in [-0.25, -0.2) is 18.4 Å². The van der Waals surface area contributed by atoms with E-state index in [2.05, 4.69) is 28.5 Å². The van der Waals surface area contributed by atoms with E-state index >= 15 is 0 Å². The fourth-order valence-corrected chi connectivity index (χ4v) is 5.54. The number of nitriles is 1. The topological polar surface area (TPSA) is 103 Å². The lowest BCUT2D eigenvalue weighted by atomic mass is 9.88. The van der Waals surface area contributed by atoms with Crippen LogP contribution in [0.5, 0.6) is 0 Å². The van der Waals surface area contributed by atoms with Crippen LogP contribution in [0.4, 0.5) is 0 Å². The molecule has 7 nitrogen and oxygen atoms in total. The Kier molecular flexibility index (Phi) is 4.65. The van der Waals surface area contributed by atoms with Gasteiger partial charge in [0.1, 0.15) is 0 Å². The van der Waals surface area contributed by atoms with Crippen molar-refractivity contribution in [3.8, 4) is 6.07 Å². The standard InChI is InChI=1S/C20H21N5O2S/c1-3-8-28(26,27)18(9-21)25-11-13(2)16(12-25)14-4-6-22-17-10-24-20-15(19(14)17)5-7-23-20/h3-7,10,13,16,18,22H,1,8,11-12H2,2H3. The Labute approximate surface area is 163 Å². The summed E-state index contributed by atoms with van der Waals surface area (Å²) in [5.41, 5.74) is 2.74. The Balaban J connectivity index is 1.76. The number of hydrogen-bond acceptors (Lipinski definition) is 6. The predicted octanol–water partition coefficient (Wildman–Crippen LogP) is 2.60. The van der Waals surface area contributed by atoms with Gasteiger partial charge in [0.2, 0.25) is 5.37 Å². The second-order valence-electron chi connectivity index (χ2n) is 7.30. The van der Waals surface area contributed by atoms with Crippen LogP contribution < -0.4 is 0 Å². The number of aromatic amines is 1. The molecule has 1 fully saturated rings. The number of aromatic nitrogens is 3. The maximum absolute atomic E-state index is 12.5. The van der Waals surface area contributed by atoms with Gasteiger partial charge in [-0.2, -0.15) is 5.26 Å². The molecule has 0 aliphatic carbocycles. The largest absolute Gasteiger partial charge is 0.360 e. The van der Waals surface area contributed by atoms with E-state index in [1.54, 1.807) is 17.3 Å². The Morgan fingerprint density at radius 2 is 2.25 bits per heavy atom. The van der Waals surface area contributed by atoms with Crippen LogP contribution in [0.2, 0.25) is 0 Å². The van der Waals surface area contributed by atoms with Gasteiger partial charge in [-0.3, -0.25) is 4.90 Å². The molecule has 1 saturated heterocycles. The summed E-state index contributed by atoms with van der Waals surface area (Å²) in [6.45, 7) is 6.66. The van der Waals surface area contributed by atoms with Crippen LogP contribution in [0.25, 0.3) is 21.9 Å². The highest BCUT2D eigenvalue weighted by Crippen LogP contribution is 2.38. The molecule has 144 valence electrons. The van der Waals surface area contributed by atoms with Crippen LogP contribution in [-0.4, -0.2) is 52.5 Å². The van der Waals surface area contributed by atoms with Crippen molar-refractivity contribution in [1.82, 2.24) is 19.9 Å². The molecule has 1 N–H and O–H groups in total. The van der Waals surface area contributed by atoms with Crippen molar-refractivity contribution in [2.75, 3.05) is 18.8 Å². The fourth-order valence-electron chi connectivity index (χ4n) is 4.24. The second kappa shape index (κ2) is 7.00. The highest BCUT2D eigenvalue weighted by Gasteiger charge is 2.40. The molecule has 3 atom stereocenters. The summed E-state index contributed by atoms with van der Waals surface area (Å²) in [5.74, 6) is 0.106. The maximum atomic E-state index is 12.5. The van der Waals surface area contributed by atoms with Gasteiger partial charge in [0, 0.05) is 42.2 Å². The van der Waals surface area contributed by atoms with Gasteiger partial charge in [-0.1, -0.05) is 13.0 Å². The van der Waals surface area contributed by atoms with Crippen LogP contribution in [-0.2, 0) is 9.84 Å². The van der Waals surface area contributed by atoms with E-state index in [1.165, 1.54) is 6.08 Å². The Morgan fingerprint density at radius 1 is 1.43 bits per heavy atom. The minimum absolute atomic E-state index is 0.104. The molecule has 1 aliphatic heterocycles. The summed E-state index contributed by atoms with van der Waals surface area (Å²) in [4.78, 5) is 13.7. The average molecular weight is 395 g/mol. The molecule has 0 amide bonds. The van der Waals surface area contributed by atoms with Gasteiger partial charge in [-0.05, 0) is 23.6 Å². The van der Waals surface area contributed by atoms with Gasteiger partial charge >= 0.3 is 0 Å². The van der Waals surface area contributed by atoms with Crippen molar-refractivity contribution in [3.63, 3.8) is 0 Å². The monoisotopic (exact) mass is 395 g/mol. The summed E-state index contributed by atoms with van der Waals surface area (Å²) in [5, 5.41) is 10.4. The van der Waals surface area contributed by atoms with Gasteiger partial charge in [0.25, 0.3) is 0 Å². The zero-order valence-corrected chi connectivity index (χ0v) is 16.4. The van der Waals surface area contributed by atoms with Crippen LogP contribution >= 0.6 is 0 Å². The smallest absolute Gasteiger partial charge is 0.201 e. The molecule has 3 unspecified atom stereocenters. The molecule has 8 heteroatoms. The SMILES string of the molecule is C=CCS(=O)(=O)C(C#N)N1CC(C)C(c2cc[nH]c3cnc4nccc4c23)C1. The van der Waals surface area contributed by atoms with E-state index in [-0.39, 0.29) is 17.6 Å². The number of fused-ring (bicyclic) bond motifs is 3. The number of H-pyrrole nitrogens is 1. The Morgan fingerprint density at radius 3 is 3.00 bits per heavy atom. The highest BCUT2D eigenvalue weighted by molar-refractivity contribution is 7.92. The van der Waals surface area contributed by atoms with E-state index < -0.39 is 15.2 Å². The van der Waals surface area contributed by atoms with Crippen LogP contribution in [0.15, 0.2) is 43.4 Å². The van der Waals surface area contributed by atoms with Crippen molar-refractivity contribution < 1.29 is 8.42 Å². The molecule has 1 aliphatic rings. The molecular formula is C20H21N5O2S. The molecule has 0 saturated carbocycles. The van der Waals surface area contributed by atoms with Gasteiger partial charge in [-0.15, -0.1) is 6.58 Å². The summed E-state index contributed by atoms with van der Waals surface area (Å²) in [7, 11) is -3.58. The fraction of sp³-hybridized carbons (Fsp3) is 0.350. The minimum Gasteiger partial charge on any atom is -0.360 e. The number of likely N-dealkylation sites (tertiary alicyclic amines) is 1. The molecule has 0 radical (unpaired) electrons. The lowest BCUT2D eigenvalue weighted by Gasteiger charge is -2.22. The number of sulfone groups is 1. The number of hydrogen-bond donors (Lipinski definition) is 1. The van der Waals surface area contributed by atoms with Crippen molar-refractivity contribution in [2.45, 2.75) is 18.2 Å². The number of rotatable bonds is 5. The number of nitrogens with zero attached hydrogens (tertiary/aromatic N) is 4. The van der Waals surface area contributed by atoms with Crippen molar-refractivity contribution in [3.05, 3.63) is 48.9 Å². The van der Waals surface area contributed by atoms with Crippen LogP contribution in [0.1, 0.15) is 18.4 Å². The van der Waals surface area contributed by atoms with Gasteiger partial charge < -0.3 is 4.98 Å². The Bertz CT molecular complexity index is 1190. The first-order valence-corrected chi connectivity index (χ1v) is 10.8. The second-order valence-corrected chi connectivity index (χ2v) is 9.40. The summed E-state index contributed by atoms with van der Waals surface area (Å²) in [6.07, 6.45) is 6.74. The molecule has 0 spiro atoms. The molecule has 0 aromatic carbocycles. The first-order valence-electron chi connectivity index (χ1n) is 9.13. The van der Waals surface area contributed by atoms with Crippen molar-refractivity contribution in [1.29, 1.82) is 5.26 Å². The normalized spacial score (nSPS) is 21.7. The Hall–Kier alpha value is -2.76. The lowest BCUT2D eigenvalue weighted by Crippen LogP contribution is -2.39. The quantitative estimate of drug-likeness (QED) is 0.666.